The maximum absolute atomic E-state index is 12.6. The summed E-state index contributed by atoms with van der Waals surface area (Å²) in [5.41, 5.74) is 5.55. The van der Waals surface area contributed by atoms with Crippen LogP contribution in [-0.2, 0) is 4.79 Å². The van der Waals surface area contributed by atoms with Crippen molar-refractivity contribution in [3.63, 3.8) is 0 Å². The summed E-state index contributed by atoms with van der Waals surface area (Å²) in [4.78, 5) is 29.1. The molecule has 3 heterocycles. The largest absolute Gasteiger partial charge is 0.339 e. The van der Waals surface area contributed by atoms with Gasteiger partial charge in [-0.1, -0.05) is 6.92 Å². The molecule has 0 spiro atoms. The molecule has 1 aliphatic rings. The van der Waals surface area contributed by atoms with Gasteiger partial charge in [0, 0.05) is 48.0 Å². The smallest absolute Gasteiger partial charge is 0.264 e. The zero-order valence-electron chi connectivity index (χ0n) is 12.4. The van der Waals surface area contributed by atoms with Crippen LogP contribution in [0.3, 0.4) is 0 Å². The third kappa shape index (κ3) is 2.88. The Hall–Kier alpha value is -1.44. The Bertz CT molecular complexity index is 657. The van der Waals surface area contributed by atoms with Gasteiger partial charge in [-0.05, 0) is 17.5 Å². The molecular weight excluding hydrogens is 318 g/mol. The van der Waals surface area contributed by atoms with E-state index in [1.165, 1.54) is 9.40 Å². The number of amides is 2. The van der Waals surface area contributed by atoms with Gasteiger partial charge in [-0.15, -0.1) is 22.7 Å². The first kappa shape index (κ1) is 15.5. The highest BCUT2D eigenvalue weighted by atomic mass is 32.1. The number of hydrogen-bond donors (Lipinski definition) is 1. The quantitative estimate of drug-likeness (QED) is 0.929. The van der Waals surface area contributed by atoms with Crippen LogP contribution in [0.4, 0.5) is 0 Å². The summed E-state index contributed by atoms with van der Waals surface area (Å²) in [6.07, 6.45) is 0. The molecule has 3 rings (SSSR count). The second-order valence-electron chi connectivity index (χ2n) is 5.51. The fraction of sp³-hybridized carbons (Fsp3) is 0.467. The Balaban J connectivity index is 1.62. The van der Waals surface area contributed by atoms with Crippen LogP contribution in [0.1, 0.15) is 16.6 Å². The molecule has 0 aromatic carbocycles. The first-order valence-corrected chi connectivity index (χ1v) is 9.05. The van der Waals surface area contributed by atoms with Gasteiger partial charge in [0.2, 0.25) is 5.91 Å². The van der Waals surface area contributed by atoms with E-state index in [4.69, 9.17) is 5.73 Å². The molecule has 0 aliphatic carbocycles. The molecular formula is C15H19N3O2S2. The Morgan fingerprint density at radius 2 is 1.91 bits per heavy atom. The number of hydrogen-bond acceptors (Lipinski definition) is 5. The van der Waals surface area contributed by atoms with Crippen LogP contribution in [0.2, 0.25) is 0 Å². The molecule has 2 aromatic rings. The maximum atomic E-state index is 12.6. The minimum absolute atomic E-state index is 0.0763. The first-order valence-electron chi connectivity index (χ1n) is 7.35. The number of thiophene rings is 2. The molecule has 7 heteroatoms. The molecule has 1 fully saturated rings. The van der Waals surface area contributed by atoms with Crippen LogP contribution in [0, 0.1) is 5.92 Å². The highest BCUT2D eigenvalue weighted by Crippen LogP contribution is 2.30. The van der Waals surface area contributed by atoms with Crippen LogP contribution in [-0.4, -0.2) is 54.3 Å². The predicted molar refractivity (Wildman–Crippen MR) is 90.4 cm³/mol. The number of carbonyl (C=O) groups is 2. The Morgan fingerprint density at radius 1 is 1.23 bits per heavy atom. The van der Waals surface area contributed by atoms with Gasteiger partial charge in [0.25, 0.3) is 5.91 Å². The summed E-state index contributed by atoms with van der Waals surface area (Å²) in [5.74, 6) is 0.0185. The maximum Gasteiger partial charge on any atom is 0.264 e. The Morgan fingerprint density at radius 3 is 2.55 bits per heavy atom. The number of rotatable bonds is 3. The molecule has 1 saturated heterocycles. The number of carbonyl (C=O) groups excluding carboxylic acids is 2. The van der Waals surface area contributed by atoms with Crippen molar-refractivity contribution in [1.29, 1.82) is 0 Å². The van der Waals surface area contributed by atoms with Gasteiger partial charge in [0.15, 0.2) is 0 Å². The number of piperazine rings is 1. The van der Waals surface area contributed by atoms with E-state index >= 15 is 0 Å². The SMILES string of the molecule is CC(CN)C(=O)N1CCN(C(=O)c2cc3sccc3s2)CC1. The lowest BCUT2D eigenvalue weighted by Crippen LogP contribution is -2.52. The van der Waals surface area contributed by atoms with Crippen LogP contribution < -0.4 is 5.73 Å². The molecule has 0 saturated carbocycles. The molecule has 0 radical (unpaired) electrons. The summed E-state index contributed by atoms with van der Waals surface area (Å²) < 4.78 is 2.33. The molecule has 1 unspecified atom stereocenters. The minimum Gasteiger partial charge on any atom is -0.339 e. The van der Waals surface area contributed by atoms with Gasteiger partial charge in [0.1, 0.15) is 0 Å². The van der Waals surface area contributed by atoms with E-state index in [9.17, 15) is 9.59 Å². The second kappa shape index (κ2) is 6.36. The van der Waals surface area contributed by atoms with E-state index in [1.807, 2.05) is 34.2 Å². The van der Waals surface area contributed by atoms with Gasteiger partial charge in [-0.25, -0.2) is 0 Å². The molecule has 2 aromatic heterocycles. The second-order valence-corrected chi connectivity index (χ2v) is 7.55. The summed E-state index contributed by atoms with van der Waals surface area (Å²) in [5, 5.41) is 2.04. The summed E-state index contributed by atoms with van der Waals surface area (Å²) >= 11 is 3.20. The highest BCUT2D eigenvalue weighted by Gasteiger charge is 2.27. The molecule has 118 valence electrons. The minimum atomic E-state index is -0.147. The monoisotopic (exact) mass is 337 g/mol. The number of nitrogens with two attached hydrogens (primary N) is 1. The molecule has 2 N–H and O–H groups in total. The highest BCUT2D eigenvalue weighted by molar-refractivity contribution is 7.27. The predicted octanol–water partition coefficient (Wildman–Crippen LogP) is 1.84. The van der Waals surface area contributed by atoms with Gasteiger partial charge in [-0.2, -0.15) is 0 Å². The molecule has 1 atom stereocenters. The van der Waals surface area contributed by atoms with Crippen LogP contribution in [0.5, 0.6) is 0 Å². The van der Waals surface area contributed by atoms with Crippen molar-refractivity contribution in [1.82, 2.24) is 9.80 Å². The van der Waals surface area contributed by atoms with E-state index in [1.54, 1.807) is 22.7 Å². The van der Waals surface area contributed by atoms with Crippen LogP contribution in [0.15, 0.2) is 17.5 Å². The first-order chi connectivity index (χ1) is 10.6. The molecule has 1 aliphatic heterocycles. The molecule has 22 heavy (non-hydrogen) atoms. The lowest BCUT2D eigenvalue weighted by Gasteiger charge is -2.35. The average Bonchev–Trinajstić information content (AvgIpc) is 3.14. The lowest BCUT2D eigenvalue weighted by molar-refractivity contribution is -0.136. The summed E-state index contributed by atoms with van der Waals surface area (Å²) in [6.45, 7) is 4.58. The normalized spacial score (nSPS) is 17.0. The Kier molecular flexibility index (Phi) is 4.46. The zero-order valence-corrected chi connectivity index (χ0v) is 14.1. The van der Waals surface area contributed by atoms with Crippen LogP contribution >= 0.6 is 22.7 Å². The van der Waals surface area contributed by atoms with Gasteiger partial charge in [-0.3, -0.25) is 9.59 Å². The van der Waals surface area contributed by atoms with Crippen LogP contribution in [0.25, 0.3) is 9.40 Å². The third-order valence-corrected chi connectivity index (χ3v) is 6.09. The van der Waals surface area contributed by atoms with Crippen molar-refractivity contribution in [3.05, 3.63) is 22.4 Å². The fourth-order valence-corrected chi connectivity index (χ4v) is 4.65. The van der Waals surface area contributed by atoms with Crippen molar-refractivity contribution in [2.24, 2.45) is 11.7 Å². The Labute approximate surface area is 137 Å². The molecule has 5 nitrogen and oxygen atoms in total. The topological polar surface area (TPSA) is 66.6 Å². The van der Waals surface area contributed by atoms with E-state index in [0.29, 0.717) is 32.7 Å². The molecule has 0 bridgehead atoms. The standard InChI is InChI=1S/C15H19N3O2S2/c1-10(9-16)14(19)17-3-5-18(6-4-17)15(20)13-8-12-11(22-13)2-7-21-12/h2,7-8,10H,3-6,9,16H2,1H3. The van der Waals surface area contributed by atoms with Crippen molar-refractivity contribution in [2.75, 3.05) is 32.7 Å². The van der Waals surface area contributed by atoms with Crippen molar-refractivity contribution < 1.29 is 9.59 Å². The van der Waals surface area contributed by atoms with Gasteiger partial charge < -0.3 is 15.5 Å². The van der Waals surface area contributed by atoms with E-state index in [-0.39, 0.29) is 17.7 Å². The number of fused-ring (bicyclic) bond motifs is 1. The van der Waals surface area contributed by atoms with Gasteiger partial charge >= 0.3 is 0 Å². The molecule has 2 amide bonds. The summed E-state index contributed by atoms with van der Waals surface area (Å²) in [6, 6.07) is 4.02. The summed E-state index contributed by atoms with van der Waals surface area (Å²) in [7, 11) is 0. The van der Waals surface area contributed by atoms with Crippen molar-refractivity contribution >= 4 is 43.9 Å². The lowest BCUT2D eigenvalue weighted by atomic mass is 10.1. The van der Waals surface area contributed by atoms with E-state index in [2.05, 4.69) is 0 Å². The van der Waals surface area contributed by atoms with E-state index in [0.717, 1.165) is 4.88 Å². The zero-order chi connectivity index (χ0) is 15.7. The fourth-order valence-electron chi connectivity index (χ4n) is 2.57. The number of nitrogens with zero attached hydrogens (tertiary/aromatic N) is 2. The van der Waals surface area contributed by atoms with E-state index < -0.39 is 0 Å². The van der Waals surface area contributed by atoms with Gasteiger partial charge in [0.05, 0.1) is 4.88 Å². The van der Waals surface area contributed by atoms with Crippen molar-refractivity contribution in [3.8, 4) is 0 Å². The van der Waals surface area contributed by atoms with Crippen molar-refractivity contribution in [2.45, 2.75) is 6.92 Å². The third-order valence-electron chi connectivity index (χ3n) is 4.00. The average molecular weight is 337 g/mol.